The lowest BCUT2D eigenvalue weighted by Crippen LogP contribution is -2.32. The number of rotatable bonds is 6. The summed E-state index contributed by atoms with van der Waals surface area (Å²) in [6.45, 7) is 4.43. The van der Waals surface area contributed by atoms with Crippen molar-refractivity contribution in [3.05, 3.63) is 82.9 Å². The smallest absolute Gasteiger partial charge is 0.339 e. The number of aromatic nitrogens is 2. The maximum absolute atomic E-state index is 12.4. The van der Waals surface area contributed by atoms with E-state index in [-0.39, 0.29) is 24.7 Å². The van der Waals surface area contributed by atoms with E-state index in [2.05, 4.69) is 20.9 Å². The van der Waals surface area contributed by atoms with Gasteiger partial charge in [0.05, 0.1) is 42.7 Å². The van der Waals surface area contributed by atoms with Gasteiger partial charge in [0.2, 0.25) is 0 Å². The highest BCUT2D eigenvalue weighted by molar-refractivity contribution is 7.80. The number of thiocarbonyl (C=S) groups is 1. The number of hydrogen-bond donors (Lipinski definition) is 2. The molecule has 4 rings (SSSR count). The molecule has 0 bridgehead atoms. The minimum atomic E-state index is -0.383. The van der Waals surface area contributed by atoms with E-state index in [0.717, 1.165) is 28.3 Å². The number of aryl methyl sites for hydroxylation is 1. The van der Waals surface area contributed by atoms with Crippen LogP contribution in [0.2, 0.25) is 0 Å². The summed E-state index contributed by atoms with van der Waals surface area (Å²) >= 11 is 5.62. The molecule has 0 spiro atoms. The van der Waals surface area contributed by atoms with Crippen LogP contribution >= 0.6 is 12.2 Å². The van der Waals surface area contributed by atoms with Crippen LogP contribution in [0.3, 0.4) is 0 Å². The second-order valence-electron chi connectivity index (χ2n) is 7.71. The lowest BCUT2D eigenvalue weighted by molar-refractivity contribution is 0.0600. The molecule has 1 aliphatic rings. The fourth-order valence-electron chi connectivity index (χ4n) is 4.50. The van der Waals surface area contributed by atoms with Gasteiger partial charge in [-0.3, -0.25) is 4.98 Å². The van der Waals surface area contributed by atoms with Gasteiger partial charge in [0.25, 0.3) is 0 Å². The summed E-state index contributed by atoms with van der Waals surface area (Å²) in [4.78, 5) is 19.0. The van der Waals surface area contributed by atoms with Crippen molar-refractivity contribution in [2.24, 2.45) is 0 Å². The molecule has 1 saturated heterocycles. The van der Waals surface area contributed by atoms with Gasteiger partial charge in [-0.05, 0) is 62.0 Å². The third-order valence-electron chi connectivity index (χ3n) is 5.88. The van der Waals surface area contributed by atoms with E-state index in [9.17, 15) is 9.90 Å². The second-order valence-corrected chi connectivity index (χ2v) is 8.10. The molecule has 7 nitrogen and oxygen atoms in total. The lowest BCUT2D eigenvalue weighted by Gasteiger charge is -2.27. The Morgan fingerprint density at radius 2 is 1.97 bits per heavy atom. The zero-order valence-electron chi connectivity index (χ0n) is 18.3. The van der Waals surface area contributed by atoms with Crippen molar-refractivity contribution < 1.29 is 14.6 Å². The molecule has 2 N–H and O–H groups in total. The van der Waals surface area contributed by atoms with Gasteiger partial charge in [0.15, 0.2) is 5.11 Å². The Bertz CT molecular complexity index is 1150. The second kappa shape index (κ2) is 9.10. The van der Waals surface area contributed by atoms with Crippen molar-refractivity contribution >= 4 is 23.3 Å². The summed E-state index contributed by atoms with van der Waals surface area (Å²) in [5.41, 5.74) is 5.16. The molecular formula is C24H26N4O3S. The number of methoxy groups -OCH3 is 1. The highest BCUT2D eigenvalue weighted by Gasteiger charge is 2.41. The van der Waals surface area contributed by atoms with Gasteiger partial charge in [-0.1, -0.05) is 18.2 Å². The fraction of sp³-hybridized carbons (Fsp3) is 0.292. The molecule has 0 radical (unpaired) electrons. The van der Waals surface area contributed by atoms with Gasteiger partial charge in [-0.2, -0.15) is 0 Å². The van der Waals surface area contributed by atoms with E-state index in [1.165, 1.54) is 7.11 Å². The molecule has 2 unspecified atom stereocenters. The number of hydrogen-bond acceptors (Lipinski definition) is 5. The summed E-state index contributed by atoms with van der Waals surface area (Å²) in [7, 11) is 1.38. The SMILES string of the molecule is COC(=O)c1ccccc1-n1c(C)cc(C2C(c3ccccn3)NC(=S)N2CCO)c1C. The van der Waals surface area contributed by atoms with Crippen molar-refractivity contribution in [1.29, 1.82) is 0 Å². The molecule has 0 aliphatic carbocycles. The van der Waals surface area contributed by atoms with Gasteiger partial charge in [0, 0.05) is 24.1 Å². The van der Waals surface area contributed by atoms with Crippen molar-refractivity contribution in [1.82, 2.24) is 19.8 Å². The average Bonchev–Trinajstić information content (AvgIpc) is 3.29. The summed E-state index contributed by atoms with van der Waals surface area (Å²) < 4.78 is 7.06. The van der Waals surface area contributed by atoms with Crippen molar-refractivity contribution in [2.45, 2.75) is 25.9 Å². The molecule has 1 aliphatic heterocycles. The van der Waals surface area contributed by atoms with Crippen LogP contribution in [0.4, 0.5) is 0 Å². The highest BCUT2D eigenvalue weighted by atomic mass is 32.1. The molecule has 0 amide bonds. The minimum Gasteiger partial charge on any atom is -0.465 e. The molecular weight excluding hydrogens is 424 g/mol. The van der Waals surface area contributed by atoms with Crippen LogP contribution in [0.5, 0.6) is 0 Å². The number of pyridine rings is 1. The molecule has 32 heavy (non-hydrogen) atoms. The number of β-amino-alcohol motifs (C(OH)–C–C–N with tert-alkyl or cyclic N) is 1. The summed E-state index contributed by atoms with van der Waals surface area (Å²) in [5.74, 6) is -0.383. The molecule has 3 heterocycles. The summed E-state index contributed by atoms with van der Waals surface area (Å²) in [5, 5.41) is 13.7. The van der Waals surface area contributed by atoms with Crippen LogP contribution in [0.1, 0.15) is 45.1 Å². The number of aliphatic hydroxyl groups is 1. The predicted octanol–water partition coefficient (Wildman–Crippen LogP) is 3.24. The maximum atomic E-state index is 12.4. The number of carbonyl (C=O) groups excluding carboxylic acids is 1. The third kappa shape index (κ3) is 3.76. The number of benzene rings is 1. The quantitative estimate of drug-likeness (QED) is 0.441. The topological polar surface area (TPSA) is 79.6 Å². The Hall–Kier alpha value is -3.23. The number of carbonyl (C=O) groups is 1. The normalized spacial score (nSPS) is 18.0. The molecule has 2 aromatic heterocycles. The van der Waals surface area contributed by atoms with Gasteiger partial charge < -0.3 is 24.6 Å². The van der Waals surface area contributed by atoms with Gasteiger partial charge >= 0.3 is 5.97 Å². The fourth-order valence-corrected chi connectivity index (χ4v) is 4.83. The first-order chi connectivity index (χ1) is 15.5. The van der Waals surface area contributed by atoms with E-state index < -0.39 is 0 Å². The first-order valence-corrected chi connectivity index (χ1v) is 10.8. The summed E-state index contributed by atoms with van der Waals surface area (Å²) in [6, 6.07) is 15.0. The maximum Gasteiger partial charge on any atom is 0.339 e. The van der Waals surface area contributed by atoms with E-state index in [1.807, 2.05) is 55.1 Å². The summed E-state index contributed by atoms with van der Waals surface area (Å²) in [6.07, 6.45) is 1.77. The number of para-hydroxylation sites is 1. The molecule has 1 fully saturated rings. The lowest BCUT2D eigenvalue weighted by atomic mass is 9.97. The zero-order valence-corrected chi connectivity index (χ0v) is 19.1. The van der Waals surface area contributed by atoms with E-state index >= 15 is 0 Å². The largest absolute Gasteiger partial charge is 0.465 e. The van der Waals surface area contributed by atoms with Gasteiger partial charge in [-0.15, -0.1) is 0 Å². The van der Waals surface area contributed by atoms with Gasteiger partial charge in [0.1, 0.15) is 0 Å². The Kier molecular flexibility index (Phi) is 6.25. The number of ether oxygens (including phenoxy) is 1. The number of aliphatic hydroxyl groups excluding tert-OH is 1. The molecule has 1 aromatic carbocycles. The predicted molar refractivity (Wildman–Crippen MR) is 126 cm³/mol. The van der Waals surface area contributed by atoms with Crippen LogP contribution in [-0.4, -0.2) is 50.9 Å². The molecule has 2 atom stereocenters. The molecule has 0 saturated carbocycles. The van der Waals surface area contributed by atoms with E-state index in [0.29, 0.717) is 17.2 Å². The Labute approximate surface area is 192 Å². The van der Waals surface area contributed by atoms with E-state index in [1.54, 1.807) is 12.3 Å². The standard InChI is InChI=1S/C24H26N4O3S/c1-15-14-18(16(2)28(15)20-10-5-4-8-17(20)23(30)31-3)22-21(19-9-6-7-11-25-19)26-24(32)27(22)12-13-29/h4-11,14,21-22,29H,12-13H2,1-3H3,(H,26,32). The zero-order chi connectivity index (χ0) is 22.8. The monoisotopic (exact) mass is 450 g/mol. The van der Waals surface area contributed by atoms with Crippen LogP contribution in [0.15, 0.2) is 54.7 Å². The van der Waals surface area contributed by atoms with Crippen molar-refractivity contribution in [2.75, 3.05) is 20.3 Å². The number of esters is 1. The highest BCUT2D eigenvalue weighted by Crippen LogP contribution is 2.41. The first-order valence-electron chi connectivity index (χ1n) is 10.4. The molecule has 3 aromatic rings. The first kappa shape index (κ1) is 22.0. The Morgan fingerprint density at radius 3 is 2.66 bits per heavy atom. The minimum absolute atomic E-state index is 0.0167. The van der Waals surface area contributed by atoms with Crippen LogP contribution in [0.25, 0.3) is 5.69 Å². The van der Waals surface area contributed by atoms with Crippen molar-refractivity contribution in [3.8, 4) is 5.69 Å². The van der Waals surface area contributed by atoms with Crippen LogP contribution < -0.4 is 5.32 Å². The van der Waals surface area contributed by atoms with Gasteiger partial charge in [-0.25, -0.2) is 4.79 Å². The van der Waals surface area contributed by atoms with Crippen LogP contribution in [-0.2, 0) is 4.74 Å². The number of nitrogens with one attached hydrogen (secondary N) is 1. The number of nitrogens with zero attached hydrogens (tertiary/aromatic N) is 3. The van der Waals surface area contributed by atoms with Crippen molar-refractivity contribution in [3.63, 3.8) is 0 Å². The molecule has 8 heteroatoms. The third-order valence-corrected chi connectivity index (χ3v) is 6.23. The average molecular weight is 451 g/mol. The Morgan fingerprint density at radius 1 is 1.22 bits per heavy atom. The Balaban J connectivity index is 1.86. The van der Waals surface area contributed by atoms with E-state index in [4.69, 9.17) is 17.0 Å². The molecule has 166 valence electrons. The van der Waals surface area contributed by atoms with Crippen LogP contribution in [0, 0.1) is 13.8 Å².